The number of hydrogen-bond acceptors (Lipinski definition) is 5. The number of morpholine rings is 1. The molecule has 0 spiro atoms. The van der Waals surface area contributed by atoms with Crippen LogP contribution in [0.25, 0.3) is 0 Å². The van der Waals surface area contributed by atoms with Crippen molar-refractivity contribution < 1.29 is 4.74 Å². The summed E-state index contributed by atoms with van der Waals surface area (Å²) in [7, 11) is 0. The highest BCUT2D eigenvalue weighted by atomic mass is 16.5. The second-order valence-electron chi connectivity index (χ2n) is 5.47. The number of nitrogens with one attached hydrogen (secondary N) is 1. The summed E-state index contributed by atoms with van der Waals surface area (Å²) in [5.74, 6) is 1.57. The first-order valence-corrected chi connectivity index (χ1v) is 7.09. The van der Waals surface area contributed by atoms with E-state index in [-0.39, 0.29) is 6.10 Å². The first-order valence-electron chi connectivity index (χ1n) is 7.09. The Morgan fingerprint density at radius 3 is 3.16 bits per heavy atom. The molecule has 1 saturated heterocycles. The minimum Gasteiger partial charge on any atom is -0.374 e. The van der Waals surface area contributed by atoms with Gasteiger partial charge in [-0.3, -0.25) is 4.90 Å². The van der Waals surface area contributed by atoms with Crippen LogP contribution in [-0.4, -0.2) is 54.0 Å². The molecule has 1 aromatic rings. The van der Waals surface area contributed by atoms with Crippen molar-refractivity contribution in [1.29, 1.82) is 0 Å². The van der Waals surface area contributed by atoms with Crippen molar-refractivity contribution in [3.63, 3.8) is 0 Å². The molecular formula is C14H24N4O. The fraction of sp³-hybridized carbons (Fsp3) is 0.714. The van der Waals surface area contributed by atoms with Crippen LogP contribution >= 0.6 is 0 Å². The molecule has 1 fully saturated rings. The van der Waals surface area contributed by atoms with E-state index < -0.39 is 0 Å². The minimum absolute atomic E-state index is 0.239. The maximum absolute atomic E-state index is 5.78. The number of nitrogens with zero attached hydrogens (tertiary/aromatic N) is 3. The van der Waals surface area contributed by atoms with E-state index in [0.29, 0.717) is 0 Å². The van der Waals surface area contributed by atoms with Crippen LogP contribution < -0.4 is 5.32 Å². The fourth-order valence-corrected chi connectivity index (χ4v) is 2.16. The van der Waals surface area contributed by atoms with Crippen LogP contribution in [0.4, 0.5) is 5.82 Å². The third-order valence-electron chi connectivity index (χ3n) is 3.33. The van der Waals surface area contributed by atoms with E-state index in [2.05, 4.69) is 34.3 Å². The van der Waals surface area contributed by atoms with Crippen molar-refractivity contribution in [2.24, 2.45) is 5.92 Å². The van der Waals surface area contributed by atoms with Crippen LogP contribution in [0.2, 0.25) is 0 Å². The van der Waals surface area contributed by atoms with E-state index in [9.17, 15) is 0 Å². The Balaban J connectivity index is 1.72. The van der Waals surface area contributed by atoms with Gasteiger partial charge in [-0.2, -0.15) is 5.10 Å². The van der Waals surface area contributed by atoms with Gasteiger partial charge in [-0.05, 0) is 31.0 Å². The summed E-state index contributed by atoms with van der Waals surface area (Å²) in [6, 6.07) is 3.80. The summed E-state index contributed by atoms with van der Waals surface area (Å²) in [4.78, 5) is 2.49. The van der Waals surface area contributed by atoms with Crippen molar-refractivity contribution in [1.82, 2.24) is 15.1 Å². The van der Waals surface area contributed by atoms with Crippen LogP contribution in [0, 0.1) is 5.92 Å². The molecule has 1 aliphatic rings. The smallest absolute Gasteiger partial charge is 0.148 e. The van der Waals surface area contributed by atoms with E-state index in [1.54, 1.807) is 6.20 Å². The molecule has 5 heteroatoms. The van der Waals surface area contributed by atoms with Gasteiger partial charge in [0.15, 0.2) is 0 Å². The van der Waals surface area contributed by atoms with Gasteiger partial charge in [0.1, 0.15) is 5.82 Å². The van der Waals surface area contributed by atoms with Crippen LogP contribution in [0.5, 0.6) is 0 Å². The lowest BCUT2D eigenvalue weighted by Crippen LogP contribution is -2.45. The Kier molecular flexibility index (Phi) is 5.54. The normalized spacial score (nSPS) is 20.7. The highest BCUT2D eigenvalue weighted by Gasteiger charge is 2.20. The lowest BCUT2D eigenvalue weighted by molar-refractivity contribution is -0.0222. The Morgan fingerprint density at radius 2 is 2.42 bits per heavy atom. The first kappa shape index (κ1) is 14.2. The summed E-state index contributed by atoms with van der Waals surface area (Å²) in [5, 5.41) is 11.1. The molecule has 1 N–H and O–H groups in total. The van der Waals surface area contributed by atoms with Gasteiger partial charge in [0, 0.05) is 25.8 Å². The molecular weight excluding hydrogens is 240 g/mol. The molecule has 1 aromatic heterocycles. The summed E-state index contributed by atoms with van der Waals surface area (Å²) in [6.07, 6.45) is 3.17. The number of anilines is 1. The third kappa shape index (κ3) is 5.12. The maximum Gasteiger partial charge on any atom is 0.148 e. The van der Waals surface area contributed by atoms with Gasteiger partial charge in [0.25, 0.3) is 0 Å². The van der Waals surface area contributed by atoms with Crippen LogP contribution in [0.1, 0.15) is 20.3 Å². The minimum atomic E-state index is 0.239. The van der Waals surface area contributed by atoms with E-state index in [0.717, 1.165) is 38.0 Å². The molecule has 0 aliphatic carbocycles. The van der Waals surface area contributed by atoms with Crippen LogP contribution in [-0.2, 0) is 4.74 Å². The number of hydrogen-bond donors (Lipinski definition) is 1. The van der Waals surface area contributed by atoms with Crippen molar-refractivity contribution in [2.45, 2.75) is 26.4 Å². The molecule has 0 bridgehead atoms. The second kappa shape index (κ2) is 7.40. The molecule has 0 radical (unpaired) electrons. The SMILES string of the molecule is CC(C)CCN1CCO[C@@H](CNc2cccnn2)C1. The average molecular weight is 264 g/mol. The first-order chi connectivity index (χ1) is 9.24. The van der Waals surface area contributed by atoms with Gasteiger partial charge < -0.3 is 10.1 Å². The Hall–Kier alpha value is -1.20. The molecule has 0 aromatic carbocycles. The van der Waals surface area contributed by atoms with E-state index in [1.807, 2.05) is 12.1 Å². The monoisotopic (exact) mass is 264 g/mol. The molecule has 5 nitrogen and oxygen atoms in total. The zero-order valence-electron chi connectivity index (χ0n) is 11.9. The summed E-state index contributed by atoms with van der Waals surface area (Å²) < 4.78 is 5.78. The Labute approximate surface area is 115 Å². The summed E-state index contributed by atoms with van der Waals surface area (Å²) in [6.45, 7) is 9.37. The predicted octanol–water partition coefficient (Wildman–Crippen LogP) is 1.64. The zero-order valence-corrected chi connectivity index (χ0v) is 11.9. The average Bonchev–Trinajstić information content (AvgIpc) is 2.44. The highest BCUT2D eigenvalue weighted by molar-refractivity contribution is 5.31. The van der Waals surface area contributed by atoms with Crippen LogP contribution in [0.3, 0.4) is 0 Å². The second-order valence-corrected chi connectivity index (χ2v) is 5.47. The van der Waals surface area contributed by atoms with Gasteiger partial charge in [-0.15, -0.1) is 5.10 Å². The molecule has 19 heavy (non-hydrogen) atoms. The number of rotatable bonds is 6. The van der Waals surface area contributed by atoms with Gasteiger partial charge in [-0.1, -0.05) is 13.8 Å². The third-order valence-corrected chi connectivity index (χ3v) is 3.33. The standard InChI is InChI=1S/C14H24N4O/c1-12(2)5-7-18-8-9-19-13(11-18)10-15-14-4-3-6-16-17-14/h3-4,6,12-13H,5,7-11H2,1-2H3,(H,15,17)/t13-/m0/s1. The quantitative estimate of drug-likeness (QED) is 0.846. The van der Waals surface area contributed by atoms with Crippen molar-refractivity contribution >= 4 is 5.82 Å². The summed E-state index contributed by atoms with van der Waals surface area (Å²) in [5.41, 5.74) is 0. The largest absolute Gasteiger partial charge is 0.374 e. The van der Waals surface area contributed by atoms with Gasteiger partial charge >= 0.3 is 0 Å². The van der Waals surface area contributed by atoms with E-state index in [4.69, 9.17) is 4.74 Å². The van der Waals surface area contributed by atoms with Gasteiger partial charge in [0.05, 0.1) is 12.7 Å². The van der Waals surface area contributed by atoms with Crippen molar-refractivity contribution in [2.75, 3.05) is 38.1 Å². The van der Waals surface area contributed by atoms with Gasteiger partial charge in [-0.25, -0.2) is 0 Å². The molecule has 0 amide bonds. The topological polar surface area (TPSA) is 50.3 Å². The lowest BCUT2D eigenvalue weighted by atomic mass is 10.1. The molecule has 1 atom stereocenters. The fourth-order valence-electron chi connectivity index (χ4n) is 2.16. The zero-order chi connectivity index (χ0) is 13.5. The molecule has 106 valence electrons. The molecule has 0 saturated carbocycles. The van der Waals surface area contributed by atoms with E-state index in [1.165, 1.54) is 13.0 Å². The van der Waals surface area contributed by atoms with Crippen molar-refractivity contribution in [3.05, 3.63) is 18.3 Å². The maximum atomic E-state index is 5.78. The molecule has 1 aliphatic heterocycles. The van der Waals surface area contributed by atoms with Crippen molar-refractivity contribution in [3.8, 4) is 0 Å². The van der Waals surface area contributed by atoms with E-state index >= 15 is 0 Å². The molecule has 2 heterocycles. The van der Waals surface area contributed by atoms with Gasteiger partial charge in [0.2, 0.25) is 0 Å². The highest BCUT2D eigenvalue weighted by Crippen LogP contribution is 2.09. The lowest BCUT2D eigenvalue weighted by Gasteiger charge is -2.33. The summed E-state index contributed by atoms with van der Waals surface area (Å²) >= 11 is 0. The number of aromatic nitrogens is 2. The molecule has 0 unspecified atom stereocenters. The molecule has 2 rings (SSSR count). The predicted molar refractivity (Wildman–Crippen MR) is 76.2 cm³/mol. The Bertz CT molecular complexity index is 358. The Morgan fingerprint density at radius 1 is 1.53 bits per heavy atom. The van der Waals surface area contributed by atoms with Crippen LogP contribution in [0.15, 0.2) is 18.3 Å². The number of ether oxygens (including phenoxy) is 1.